The van der Waals surface area contributed by atoms with Crippen LogP contribution in [0.3, 0.4) is 0 Å². The Labute approximate surface area is 123 Å². The van der Waals surface area contributed by atoms with Crippen molar-refractivity contribution in [1.82, 2.24) is 10.2 Å². The number of hydrogen-bond acceptors (Lipinski definition) is 3. The number of benzene rings is 1. The molecule has 1 unspecified atom stereocenters. The van der Waals surface area contributed by atoms with Crippen LogP contribution in [-0.4, -0.2) is 42.7 Å². The molecular formula is C17H28N2O. The van der Waals surface area contributed by atoms with E-state index in [1.165, 1.54) is 11.1 Å². The smallest absolute Gasteiger partial charge is 0.0997 e. The highest BCUT2D eigenvalue weighted by atomic mass is 16.3. The maximum atomic E-state index is 11.0. The molecule has 0 bridgehead atoms. The Kier molecular flexibility index (Phi) is 4.84. The van der Waals surface area contributed by atoms with E-state index in [2.05, 4.69) is 49.2 Å². The number of nitrogens with zero attached hydrogens (tertiary/aromatic N) is 1. The predicted molar refractivity (Wildman–Crippen MR) is 84.1 cm³/mol. The first-order valence-electron chi connectivity index (χ1n) is 7.66. The molecule has 0 aromatic heterocycles. The SMILES string of the molecule is Cc1ccc(C(C)C)cc1C(C)(O)CN1CCNCC1. The molecule has 0 spiro atoms. The summed E-state index contributed by atoms with van der Waals surface area (Å²) in [5.41, 5.74) is 2.76. The van der Waals surface area contributed by atoms with Crippen molar-refractivity contribution in [1.29, 1.82) is 0 Å². The van der Waals surface area contributed by atoms with Crippen LogP contribution in [0.25, 0.3) is 0 Å². The molecule has 1 heterocycles. The number of β-amino-alcohol motifs (C(OH)–C–C–N with tert-alkyl or cyclic N) is 1. The first kappa shape index (κ1) is 15.5. The average molecular weight is 276 g/mol. The van der Waals surface area contributed by atoms with Crippen LogP contribution < -0.4 is 5.32 Å². The summed E-state index contributed by atoms with van der Waals surface area (Å²) in [6.45, 7) is 13.2. The lowest BCUT2D eigenvalue weighted by atomic mass is 9.87. The first-order chi connectivity index (χ1) is 9.40. The van der Waals surface area contributed by atoms with Crippen molar-refractivity contribution in [3.05, 3.63) is 34.9 Å². The first-order valence-corrected chi connectivity index (χ1v) is 7.66. The summed E-state index contributed by atoms with van der Waals surface area (Å²) in [7, 11) is 0. The van der Waals surface area contributed by atoms with E-state index in [1.54, 1.807) is 0 Å². The van der Waals surface area contributed by atoms with E-state index in [4.69, 9.17) is 0 Å². The van der Waals surface area contributed by atoms with Crippen molar-refractivity contribution in [2.24, 2.45) is 0 Å². The second-order valence-corrected chi connectivity index (χ2v) is 6.53. The molecule has 2 rings (SSSR count). The van der Waals surface area contributed by atoms with Gasteiger partial charge in [-0.2, -0.15) is 0 Å². The molecule has 3 nitrogen and oxygen atoms in total. The van der Waals surface area contributed by atoms with Crippen LogP contribution >= 0.6 is 0 Å². The minimum Gasteiger partial charge on any atom is -0.384 e. The Morgan fingerprint density at radius 3 is 2.55 bits per heavy atom. The second kappa shape index (κ2) is 6.25. The van der Waals surface area contributed by atoms with Crippen LogP contribution in [0.4, 0.5) is 0 Å². The molecule has 1 atom stereocenters. The molecule has 0 saturated carbocycles. The second-order valence-electron chi connectivity index (χ2n) is 6.53. The number of nitrogens with one attached hydrogen (secondary N) is 1. The molecule has 20 heavy (non-hydrogen) atoms. The van der Waals surface area contributed by atoms with Gasteiger partial charge in [-0.1, -0.05) is 32.0 Å². The van der Waals surface area contributed by atoms with Crippen molar-refractivity contribution in [2.75, 3.05) is 32.7 Å². The van der Waals surface area contributed by atoms with Crippen molar-refractivity contribution in [3.63, 3.8) is 0 Å². The zero-order chi connectivity index (χ0) is 14.8. The van der Waals surface area contributed by atoms with E-state index in [-0.39, 0.29) is 0 Å². The summed E-state index contributed by atoms with van der Waals surface area (Å²) in [5, 5.41) is 14.3. The molecule has 1 saturated heterocycles. The van der Waals surface area contributed by atoms with Gasteiger partial charge in [0.05, 0.1) is 5.60 Å². The van der Waals surface area contributed by atoms with Gasteiger partial charge in [0.15, 0.2) is 0 Å². The van der Waals surface area contributed by atoms with Crippen LogP contribution in [-0.2, 0) is 5.60 Å². The molecule has 1 aliphatic rings. The quantitative estimate of drug-likeness (QED) is 0.885. The summed E-state index contributed by atoms with van der Waals surface area (Å²) >= 11 is 0. The van der Waals surface area contributed by atoms with Crippen LogP contribution in [0.2, 0.25) is 0 Å². The van der Waals surface area contributed by atoms with E-state index >= 15 is 0 Å². The van der Waals surface area contributed by atoms with E-state index in [0.717, 1.165) is 31.7 Å². The third-order valence-corrected chi connectivity index (χ3v) is 4.25. The molecular weight excluding hydrogens is 248 g/mol. The third kappa shape index (κ3) is 3.60. The summed E-state index contributed by atoms with van der Waals surface area (Å²) in [6.07, 6.45) is 0. The van der Waals surface area contributed by atoms with Crippen molar-refractivity contribution in [2.45, 2.75) is 39.2 Å². The topological polar surface area (TPSA) is 35.5 Å². The van der Waals surface area contributed by atoms with Crippen LogP contribution in [0, 0.1) is 6.92 Å². The monoisotopic (exact) mass is 276 g/mol. The summed E-state index contributed by atoms with van der Waals surface area (Å²) in [6, 6.07) is 6.49. The minimum absolute atomic E-state index is 0.490. The van der Waals surface area contributed by atoms with Gasteiger partial charge in [-0.15, -0.1) is 0 Å². The normalized spacial score (nSPS) is 20.1. The highest BCUT2D eigenvalue weighted by Gasteiger charge is 2.28. The van der Waals surface area contributed by atoms with Crippen LogP contribution in [0.1, 0.15) is 43.4 Å². The minimum atomic E-state index is -0.785. The highest BCUT2D eigenvalue weighted by Crippen LogP contribution is 2.28. The Hall–Kier alpha value is -0.900. The van der Waals surface area contributed by atoms with E-state index in [9.17, 15) is 5.11 Å². The number of rotatable bonds is 4. The molecule has 1 aromatic carbocycles. The zero-order valence-corrected chi connectivity index (χ0v) is 13.2. The molecule has 0 radical (unpaired) electrons. The fourth-order valence-corrected chi connectivity index (χ4v) is 2.97. The molecule has 2 N–H and O–H groups in total. The molecule has 0 amide bonds. The van der Waals surface area contributed by atoms with E-state index in [1.807, 2.05) is 6.92 Å². The lowest BCUT2D eigenvalue weighted by Crippen LogP contribution is -2.48. The Balaban J connectivity index is 2.20. The van der Waals surface area contributed by atoms with E-state index < -0.39 is 5.60 Å². The maximum absolute atomic E-state index is 11.0. The Bertz CT molecular complexity index is 448. The van der Waals surface area contributed by atoms with Crippen LogP contribution in [0.5, 0.6) is 0 Å². The summed E-state index contributed by atoms with van der Waals surface area (Å²) in [4.78, 5) is 2.35. The van der Waals surface area contributed by atoms with Gasteiger partial charge in [0.1, 0.15) is 0 Å². The summed E-state index contributed by atoms with van der Waals surface area (Å²) < 4.78 is 0. The van der Waals surface area contributed by atoms with E-state index in [0.29, 0.717) is 12.5 Å². The van der Waals surface area contributed by atoms with Gasteiger partial charge in [-0.3, -0.25) is 4.90 Å². The fourth-order valence-electron chi connectivity index (χ4n) is 2.97. The predicted octanol–water partition coefficient (Wildman–Crippen LogP) is 2.23. The molecule has 1 aromatic rings. The van der Waals surface area contributed by atoms with Crippen molar-refractivity contribution >= 4 is 0 Å². The molecule has 112 valence electrons. The lowest BCUT2D eigenvalue weighted by molar-refractivity contribution is 0.0120. The number of hydrogen-bond donors (Lipinski definition) is 2. The van der Waals surface area contributed by atoms with Gasteiger partial charge in [0, 0.05) is 32.7 Å². The van der Waals surface area contributed by atoms with Crippen molar-refractivity contribution < 1.29 is 5.11 Å². The average Bonchev–Trinajstić information content (AvgIpc) is 2.39. The largest absolute Gasteiger partial charge is 0.384 e. The fraction of sp³-hybridized carbons (Fsp3) is 0.647. The molecule has 1 fully saturated rings. The number of piperazine rings is 1. The van der Waals surface area contributed by atoms with Gasteiger partial charge >= 0.3 is 0 Å². The van der Waals surface area contributed by atoms with Gasteiger partial charge in [-0.25, -0.2) is 0 Å². The number of aliphatic hydroxyl groups is 1. The molecule has 3 heteroatoms. The van der Waals surface area contributed by atoms with Crippen molar-refractivity contribution in [3.8, 4) is 0 Å². The zero-order valence-electron chi connectivity index (χ0n) is 13.2. The Morgan fingerprint density at radius 1 is 1.30 bits per heavy atom. The van der Waals surface area contributed by atoms with Crippen LogP contribution in [0.15, 0.2) is 18.2 Å². The Morgan fingerprint density at radius 2 is 1.95 bits per heavy atom. The molecule has 1 aliphatic heterocycles. The van der Waals surface area contributed by atoms with Gasteiger partial charge in [0.2, 0.25) is 0 Å². The summed E-state index contributed by atoms with van der Waals surface area (Å²) in [5.74, 6) is 0.490. The van der Waals surface area contributed by atoms with Gasteiger partial charge in [-0.05, 0) is 36.5 Å². The standard InChI is InChI=1S/C17H28N2O/c1-13(2)15-6-5-14(3)16(11-15)17(4,20)12-19-9-7-18-8-10-19/h5-6,11,13,18,20H,7-10,12H2,1-4H3. The van der Waals surface area contributed by atoms with Gasteiger partial charge in [0.25, 0.3) is 0 Å². The maximum Gasteiger partial charge on any atom is 0.0997 e. The number of aryl methyl sites for hydroxylation is 1. The lowest BCUT2D eigenvalue weighted by Gasteiger charge is -2.35. The third-order valence-electron chi connectivity index (χ3n) is 4.25. The van der Waals surface area contributed by atoms with Gasteiger partial charge < -0.3 is 10.4 Å². The molecule has 0 aliphatic carbocycles. The highest BCUT2D eigenvalue weighted by molar-refractivity contribution is 5.36.